The van der Waals surface area contributed by atoms with E-state index in [4.69, 9.17) is 18.3 Å². The van der Waals surface area contributed by atoms with Gasteiger partial charge in [-0.1, -0.05) is 18.2 Å². The number of hydrogen-bond acceptors (Lipinski definition) is 16. The van der Waals surface area contributed by atoms with Gasteiger partial charge in [0, 0.05) is 104 Å². The van der Waals surface area contributed by atoms with Gasteiger partial charge in [-0.25, -0.2) is 27.2 Å². The summed E-state index contributed by atoms with van der Waals surface area (Å²) in [5.74, 6) is -13.5. The van der Waals surface area contributed by atoms with Crippen LogP contribution in [0.1, 0.15) is 63.4 Å². The van der Waals surface area contributed by atoms with Crippen molar-refractivity contribution in [1.82, 2.24) is 5.32 Å². The minimum atomic E-state index is -1.59. The second kappa shape index (κ2) is 23.4. The van der Waals surface area contributed by atoms with E-state index < -0.39 is 106 Å². The Balaban J connectivity index is 0.889. The van der Waals surface area contributed by atoms with Crippen molar-refractivity contribution in [2.24, 2.45) is 0 Å². The molecule has 10 rings (SSSR count). The van der Waals surface area contributed by atoms with Crippen molar-refractivity contribution >= 4 is 69.3 Å². The van der Waals surface area contributed by atoms with Crippen molar-refractivity contribution in [3.8, 4) is 67.9 Å². The third kappa shape index (κ3) is 11.3. The molecule has 2 aliphatic heterocycles. The molecule has 1 unspecified atom stereocenters. The maximum atomic E-state index is 14.8. The highest BCUT2D eigenvalue weighted by atomic mass is 19.1. The van der Waals surface area contributed by atoms with E-state index in [1.165, 1.54) is 60.7 Å². The molecule has 6 aromatic rings. The molecule has 0 saturated heterocycles. The highest BCUT2D eigenvalue weighted by Gasteiger charge is 2.29. The van der Waals surface area contributed by atoms with Crippen molar-refractivity contribution in [1.29, 1.82) is 0 Å². The zero-order valence-electron chi connectivity index (χ0n) is 43.6. The fourth-order valence-corrected chi connectivity index (χ4v) is 9.60. The van der Waals surface area contributed by atoms with Crippen LogP contribution in [0.5, 0.6) is 23.0 Å². The number of anilines is 2. The van der Waals surface area contributed by atoms with E-state index in [-0.39, 0.29) is 125 Å². The summed E-state index contributed by atoms with van der Waals surface area (Å²) in [6.45, 7) is -1.42. The van der Waals surface area contributed by atoms with E-state index in [0.29, 0.717) is 6.29 Å². The van der Waals surface area contributed by atoms with Crippen LogP contribution >= 0.6 is 0 Å². The van der Waals surface area contributed by atoms with Crippen molar-refractivity contribution in [2.45, 2.75) is 6.04 Å². The average Bonchev–Trinajstić information content (AvgIpc) is 0.827. The highest BCUT2D eigenvalue weighted by Crippen LogP contribution is 2.45. The topological polar surface area (TPSA) is 339 Å². The lowest BCUT2D eigenvalue weighted by molar-refractivity contribution is -0.139. The molecule has 434 valence electrons. The van der Waals surface area contributed by atoms with Gasteiger partial charge in [0.2, 0.25) is 10.9 Å². The van der Waals surface area contributed by atoms with Crippen LogP contribution in [0.25, 0.3) is 66.8 Å². The molecular weight excluding hydrogens is 1140 g/mol. The van der Waals surface area contributed by atoms with Crippen LogP contribution in [-0.2, 0) is 4.79 Å². The Morgan fingerprint density at radius 1 is 0.547 bits per heavy atom. The van der Waals surface area contributed by atoms with Crippen LogP contribution in [0.2, 0.25) is 0 Å². The molecule has 0 saturated carbocycles. The number of phenols is 2. The number of carbonyl (C=O) groups excluding carboxylic acids is 3. The van der Waals surface area contributed by atoms with E-state index in [9.17, 15) is 86.6 Å². The summed E-state index contributed by atoms with van der Waals surface area (Å²) in [6.07, 6.45) is 0.434. The molecule has 0 spiro atoms. The Hall–Kier alpha value is -11.4. The summed E-state index contributed by atoms with van der Waals surface area (Å²) >= 11 is 0. The average molecular weight is 1180 g/mol. The van der Waals surface area contributed by atoms with Gasteiger partial charge in [0.05, 0.1) is 23.3 Å². The SMILES string of the molecule is O=Cc1ccc(NC(=O)c2ccc(-c3c4cc(F)c(=O)cc-4oc4cc(O)c(F)cc34)c(C(=O)O)c2)cc1OCCOc1cc(NC(=O)c2ccc(-c3c4cc(F)c(=O)cc-4oc4cc(O)c(F)cc34)c(C(=O)O)c2)ccc1C(NCCO)C(=O)O. The number of fused-ring (bicyclic) bond motifs is 4. The Bertz CT molecular complexity index is 4560. The smallest absolute Gasteiger partial charge is 0.336 e. The molecule has 2 aliphatic carbocycles. The quantitative estimate of drug-likeness (QED) is 0.0157. The van der Waals surface area contributed by atoms with E-state index in [2.05, 4.69) is 16.0 Å². The summed E-state index contributed by atoms with van der Waals surface area (Å²) in [4.78, 5) is 103. The number of aromatic hydroxyl groups is 2. The van der Waals surface area contributed by atoms with E-state index in [1.807, 2.05) is 0 Å². The van der Waals surface area contributed by atoms with Crippen LogP contribution in [0.3, 0.4) is 0 Å². The fourth-order valence-electron chi connectivity index (χ4n) is 9.60. The number of aliphatic hydroxyl groups is 1. The highest BCUT2D eigenvalue weighted by molar-refractivity contribution is 6.13. The van der Waals surface area contributed by atoms with Crippen LogP contribution in [0.4, 0.5) is 28.9 Å². The van der Waals surface area contributed by atoms with Gasteiger partial charge in [0.15, 0.2) is 41.1 Å². The lowest BCUT2D eigenvalue weighted by Crippen LogP contribution is -2.31. The minimum Gasteiger partial charge on any atom is -0.505 e. The van der Waals surface area contributed by atoms with E-state index in [1.54, 1.807) is 0 Å². The molecule has 21 nitrogen and oxygen atoms in total. The van der Waals surface area contributed by atoms with Gasteiger partial charge in [-0.3, -0.25) is 34.1 Å². The number of aliphatic hydroxyl groups excluding tert-OH is 1. The fraction of sp³-hybridized carbons (Fsp3) is 0.0820. The maximum absolute atomic E-state index is 14.8. The molecule has 1 atom stereocenters. The summed E-state index contributed by atoms with van der Waals surface area (Å²) in [6, 6.07) is 19.5. The van der Waals surface area contributed by atoms with Gasteiger partial charge in [-0.2, -0.15) is 0 Å². The number of ether oxygens (including phenoxy) is 2. The van der Waals surface area contributed by atoms with Crippen molar-refractivity contribution in [3.63, 3.8) is 0 Å². The number of nitrogens with one attached hydrogen (secondary N) is 3. The molecule has 86 heavy (non-hydrogen) atoms. The van der Waals surface area contributed by atoms with Gasteiger partial charge >= 0.3 is 17.9 Å². The largest absolute Gasteiger partial charge is 0.505 e. The first-order chi connectivity index (χ1) is 41.1. The lowest BCUT2D eigenvalue weighted by Gasteiger charge is -2.20. The Kier molecular flexibility index (Phi) is 15.7. The number of benzene rings is 8. The second-order valence-corrected chi connectivity index (χ2v) is 18.9. The number of aromatic carboxylic acids is 2. The van der Waals surface area contributed by atoms with Crippen molar-refractivity contribution < 1.29 is 95.3 Å². The zero-order valence-corrected chi connectivity index (χ0v) is 43.6. The standard InChI is InChI=1S/C61H39F4N3O18/c62-40-17-36-50(21-44(40)71)85-51-22-45(72)41(63)18-37(51)54(36)31-6-2-26(13-34(31)59(77)78)57(75)67-29-4-1-28(25-70)48(15-29)83-11-12-84-49-16-30(5-8-33(49)56(61(81)82)66-9-10-69)68-58(76)27-3-7-32(35(14-27)60(79)80)55-38-19-42(64)46(73)23-52(38)86-53-24-47(74)43(65)20-39(53)55/h1-8,13-25,56,66,69,71,73H,9-12H2,(H,67,75)(H,68,76)(H,77,78)(H,79,80)(H,81,82). The number of aldehydes is 1. The third-order valence-corrected chi connectivity index (χ3v) is 13.5. The summed E-state index contributed by atoms with van der Waals surface area (Å²) in [7, 11) is 0. The number of carboxylic acid groups (broad SMARTS) is 3. The number of carboxylic acids is 3. The molecule has 2 amide bonds. The molecule has 6 aromatic carbocycles. The third-order valence-electron chi connectivity index (χ3n) is 13.5. The van der Waals surface area contributed by atoms with E-state index >= 15 is 0 Å². The number of phenolic OH excluding ortho intramolecular Hbond substituents is 2. The van der Waals surface area contributed by atoms with Gasteiger partial charge < -0.3 is 59.6 Å². The van der Waals surface area contributed by atoms with Gasteiger partial charge in [-0.05, 0) is 77.9 Å². The first-order valence-corrected chi connectivity index (χ1v) is 25.2. The van der Waals surface area contributed by atoms with Crippen molar-refractivity contribution in [3.05, 3.63) is 198 Å². The normalized spacial score (nSPS) is 11.6. The predicted octanol–water partition coefficient (Wildman–Crippen LogP) is 9.29. The van der Waals surface area contributed by atoms with Gasteiger partial charge in [0.1, 0.15) is 53.4 Å². The van der Waals surface area contributed by atoms with Crippen LogP contribution in [0, 0.1) is 23.3 Å². The van der Waals surface area contributed by atoms with E-state index in [0.717, 1.165) is 60.7 Å². The first-order valence-electron chi connectivity index (χ1n) is 25.2. The first kappa shape index (κ1) is 57.8. The number of carbonyl (C=O) groups is 6. The number of aliphatic carboxylic acids is 1. The second-order valence-electron chi connectivity index (χ2n) is 18.9. The van der Waals surface area contributed by atoms with Crippen molar-refractivity contribution in [2.75, 3.05) is 37.0 Å². The lowest BCUT2D eigenvalue weighted by atomic mass is 9.89. The van der Waals surface area contributed by atoms with Gasteiger partial charge in [-0.15, -0.1) is 0 Å². The number of amides is 2. The molecule has 0 fully saturated rings. The molecule has 2 heterocycles. The zero-order chi connectivity index (χ0) is 61.4. The Morgan fingerprint density at radius 3 is 1.47 bits per heavy atom. The van der Waals surface area contributed by atoms with Crippen LogP contribution in [-0.4, -0.2) is 93.0 Å². The number of halogens is 4. The van der Waals surface area contributed by atoms with Gasteiger partial charge in [0.25, 0.3) is 11.8 Å². The molecule has 25 heteroatoms. The summed E-state index contributed by atoms with van der Waals surface area (Å²) in [5, 5.41) is 68.3. The minimum absolute atomic E-state index is 0.0138. The monoisotopic (exact) mass is 1180 g/mol. The molecular formula is C61H39F4N3O18. The maximum Gasteiger partial charge on any atom is 0.336 e. The van der Waals surface area contributed by atoms with Crippen LogP contribution in [0.15, 0.2) is 140 Å². The Labute approximate surface area is 477 Å². The molecule has 0 bridgehead atoms. The molecule has 0 aromatic heterocycles. The molecule has 4 aliphatic rings. The molecule has 0 radical (unpaired) electrons. The summed E-state index contributed by atoms with van der Waals surface area (Å²) in [5.41, 5.74) is -4.99. The number of rotatable bonds is 19. The Morgan fingerprint density at radius 2 is 1.01 bits per heavy atom. The summed E-state index contributed by atoms with van der Waals surface area (Å²) < 4.78 is 82.4. The molecule has 9 N–H and O–H groups in total. The predicted molar refractivity (Wildman–Crippen MR) is 297 cm³/mol. The number of hydrogen-bond donors (Lipinski definition) is 9. The van der Waals surface area contributed by atoms with Crippen LogP contribution < -0.4 is 36.3 Å².